The van der Waals surface area contributed by atoms with Gasteiger partial charge >= 0.3 is 0 Å². The number of rotatable bonds is 3. The smallest absolute Gasteiger partial charge is 0.267 e. The van der Waals surface area contributed by atoms with Crippen molar-refractivity contribution in [3.05, 3.63) is 80.5 Å². The molecule has 2 aromatic carbocycles. The third-order valence-corrected chi connectivity index (χ3v) is 3.93. The van der Waals surface area contributed by atoms with Gasteiger partial charge in [-0.05, 0) is 36.4 Å². The van der Waals surface area contributed by atoms with Gasteiger partial charge in [0.1, 0.15) is 0 Å². The molecule has 0 spiro atoms. The molecule has 0 N–H and O–H groups in total. The Bertz CT molecular complexity index is 936. The first-order chi connectivity index (χ1) is 11.5. The van der Waals surface area contributed by atoms with Crippen LogP contribution in [0.4, 0.5) is 5.69 Å². The van der Waals surface area contributed by atoms with Gasteiger partial charge in [-0.1, -0.05) is 23.2 Å². The first-order valence-electron chi connectivity index (χ1n) is 6.76. The van der Waals surface area contributed by atoms with Crippen LogP contribution in [0, 0.1) is 10.1 Å². The van der Waals surface area contributed by atoms with E-state index < -0.39 is 4.92 Å². The Morgan fingerprint density at radius 1 is 1.08 bits per heavy atom. The summed E-state index contributed by atoms with van der Waals surface area (Å²) in [5, 5.41) is 15.5. The molecule has 0 aliphatic carbocycles. The minimum Gasteiger partial charge on any atom is -0.267 e. The summed E-state index contributed by atoms with van der Waals surface area (Å²) in [4.78, 5) is 22.9. The number of carbonyl (C=O) groups excluding carboxylic acids is 1. The van der Waals surface area contributed by atoms with Crippen LogP contribution in [0.5, 0.6) is 0 Å². The molecule has 0 atom stereocenters. The highest BCUT2D eigenvalue weighted by atomic mass is 35.5. The fourth-order valence-electron chi connectivity index (χ4n) is 2.21. The summed E-state index contributed by atoms with van der Waals surface area (Å²) in [6.07, 6.45) is 1.46. The third-order valence-electron chi connectivity index (χ3n) is 3.37. The summed E-state index contributed by atoms with van der Waals surface area (Å²) in [6.45, 7) is 0. The Balaban J connectivity index is 2.03. The Hall–Kier alpha value is -2.70. The average Bonchev–Trinajstić information content (AvgIpc) is 3.04. The van der Waals surface area contributed by atoms with Gasteiger partial charge in [0.25, 0.3) is 11.6 Å². The molecule has 0 saturated heterocycles. The molecule has 120 valence electrons. The average molecular weight is 362 g/mol. The van der Waals surface area contributed by atoms with Gasteiger partial charge in [0, 0.05) is 28.3 Å². The summed E-state index contributed by atoms with van der Waals surface area (Å²) in [7, 11) is 0. The number of halogens is 2. The number of hydrogen-bond acceptors (Lipinski definition) is 4. The number of non-ortho nitro benzene ring substituents is 1. The molecule has 0 radical (unpaired) electrons. The molecular weight excluding hydrogens is 353 g/mol. The van der Waals surface area contributed by atoms with Crippen LogP contribution in [-0.2, 0) is 0 Å². The van der Waals surface area contributed by atoms with Gasteiger partial charge in [-0.2, -0.15) is 9.78 Å². The largest absolute Gasteiger partial charge is 0.278 e. The molecule has 3 rings (SSSR count). The maximum absolute atomic E-state index is 12.6. The van der Waals surface area contributed by atoms with Crippen molar-refractivity contribution in [1.82, 2.24) is 9.78 Å². The summed E-state index contributed by atoms with van der Waals surface area (Å²) in [5.41, 5.74) is 1.19. The molecule has 0 amide bonds. The first kappa shape index (κ1) is 16.2. The van der Waals surface area contributed by atoms with Crippen molar-refractivity contribution in [3.63, 3.8) is 0 Å². The van der Waals surface area contributed by atoms with Gasteiger partial charge in [0.15, 0.2) is 0 Å². The van der Waals surface area contributed by atoms with E-state index in [4.69, 9.17) is 23.2 Å². The first-order valence-corrected chi connectivity index (χ1v) is 7.51. The number of nitro benzene ring substituents is 1. The zero-order valence-electron chi connectivity index (χ0n) is 12.0. The maximum Gasteiger partial charge on any atom is 0.278 e. The van der Waals surface area contributed by atoms with Crippen LogP contribution in [0.3, 0.4) is 0 Å². The second kappa shape index (κ2) is 6.43. The molecule has 3 aromatic rings. The Morgan fingerprint density at radius 3 is 2.42 bits per heavy atom. The van der Waals surface area contributed by atoms with Crippen molar-refractivity contribution < 1.29 is 9.72 Å². The number of nitrogens with zero attached hydrogens (tertiary/aromatic N) is 3. The van der Waals surface area contributed by atoms with Crippen molar-refractivity contribution in [1.29, 1.82) is 0 Å². The molecule has 1 aromatic heterocycles. The standard InChI is InChI=1S/C16H9Cl2N3O3/c17-11-3-1-10(2-4-11)16(22)20-15(7-8-19-20)13-6-5-12(21(23)24)9-14(13)18/h1-9H. The fraction of sp³-hybridized carbons (Fsp3) is 0. The monoisotopic (exact) mass is 361 g/mol. The molecule has 0 fully saturated rings. The van der Waals surface area contributed by atoms with Crippen molar-refractivity contribution in [3.8, 4) is 11.3 Å². The Morgan fingerprint density at radius 2 is 1.79 bits per heavy atom. The minimum absolute atomic E-state index is 0.126. The summed E-state index contributed by atoms with van der Waals surface area (Å²) in [5.74, 6) is -0.360. The van der Waals surface area contributed by atoms with Crippen molar-refractivity contribution in [2.24, 2.45) is 0 Å². The molecule has 8 heteroatoms. The molecule has 1 heterocycles. The molecule has 24 heavy (non-hydrogen) atoms. The molecule has 0 aliphatic rings. The molecule has 0 bridgehead atoms. The number of carbonyl (C=O) groups is 1. The summed E-state index contributed by atoms with van der Waals surface area (Å²) < 4.78 is 1.19. The van der Waals surface area contributed by atoms with Gasteiger partial charge in [0.2, 0.25) is 0 Å². The van der Waals surface area contributed by atoms with E-state index in [-0.39, 0.29) is 16.6 Å². The number of aromatic nitrogens is 2. The summed E-state index contributed by atoms with van der Waals surface area (Å²) >= 11 is 12.0. The molecule has 0 saturated carbocycles. The minimum atomic E-state index is -0.536. The van der Waals surface area contributed by atoms with Crippen LogP contribution in [-0.4, -0.2) is 20.6 Å². The van der Waals surface area contributed by atoms with E-state index in [0.717, 1.165) is 0 Å². The molecule has 0 unspecified atom stereocenters. The lowest BCUT2D eigenvalue weighted by Gasteiger charge is -2.08. The Kier molecular flexibility index (Phi) is 4.33. The lowest BCUT2D eigenvalue weighted by Crippen LogP contribution is -2.14. The lowest BCUT2D eigenvalue weighted by molar-refractivity contribution is -0.384. The zero-order valence-corrected chi connectivity index (χ0v) is 13.5. The SMILES string of the molecule is O=C(c1ccc(Cl)cc1)n1nccc1-c1ccc([N+](=O)[O-])cc1Cl. The van der Waals surface area contributed by atoms with Gasteiger partial charge in [-0.3, -0.25) is 14.9 Å². The van der Waals surface area contributed by atoms with Gasteiger partial charge in [-0.15, -0.1) is 0 Å². The van der Waals surface area contributed by atoms with Gasteiger partial charge < -0.3 is 0 Å². The van der Waals surface area contributed by atoms with Crippen molar-refractivity contribution >= 4 is 34.8 Å². The highest BCUT2D eigenvalue weighted by Crippen LogP contribution is 2.31. The highest BCUT2D eigenvalue weighted by Gasteiger charge is 2.18. The lowest BCUT2D eigenvalue weighted by atomic mass is 10.1. The number of hydrogen-bond donors (Lipinski definition) is 0. The predicted octanol–water partition coefficient (Wildman–Crippen LogP) is 4.45. The number of benzene rings is 2. The maximum atomic E-state index is 12.6. The van der Waals surface area contributed by atoms with Crippen LogP contribution in [0.15, 0.2) is 54.7 Å². The van der Waals surface area contributed by atoms with Crippen molar-refractivity contribution in [2.45, 2.75) is 0 Å². The third kappa shape index (κ3) is 3.02. The van der Waals surface area contributed by atoms with E-state index >= 15 is 0 Å². The van der Waals surface area contributed by atoms with Crippen molar-refractivity contribution in [2.75, 3.05) is 0 Å². The van der Waals surface area contributed by atoms with E-state index in [1.54, 1.807) is 30.3 Å². The number of nitro groups is 1. The fourth-order valence-corrected chi connectivity index (χ4v) is 2.61. The molecule has 0 aliphatic heterocycles. The summed E-state index contributed by atoms with van der Waals surface area (Å²) in [6, 6.07) is 12.1. The van der Waals surface area contributed by atoms with Crippen LogP contribution >= 0.6 is 23.2 Å². The van der Waals surface area contributed by atoms with E-state index in [0.29, 0.717) is 21.8 Å². The van der Waals surface area contributed by atoms with Crippen LogP contribution in [0.1, 0.15) is 10.4 Å². The van der Waals surface area contributed by atoms with Gasteiger partial charge in [0.05, 0.1) is 21.8 Å². The topological polar surface area (TPSA) is 78.0 Å². The van der Waals surface area contributed by atoms with Crippen LogP contribution < -0.4 is 0 Å². The van der Waals surface area contributed by atoms with Gasteiger partial charge in [-0.25, -0.2) is 0 Å². The predicted molar refractivity (Wildman–Crippen MR) is 90.5 cm³/mol. The second-order valence-electron chi connectivity index (χ2n) is 4.86. The second-order valence-corrected chi connectivity index (χ2v) is 5.71. The van der Waals surface area contributed by atoms with Crippen LogP contribution in [0.25, 0.3) is 11.3 Å². The normalized spacial score (nSPS) is 10.6. The zero-order chi connectivity index (χ0) is 17.3. The van der Waals surface area contributed by atoms with Crippen LogP contribution in [0.2, 0.25) is 10.0 Å². The molecule has 6 nitrogen and oxygen atoms in total. The Labute approximate surface area is 146 Å². The quantitative estimate of drug-likeness (QED) is 0.509. The van der Waals surface area contributed by atoms with E-state index in [9.17, 15) is 14.9 Å². The van der Waals surface area contributed by atoms with E-state index in [1.807, 2.05) is 0 Å². The van der Waals surface area contributed by atoms with E-state index in [1.165, 1.54) is 29.1 Å². The molecular formula is C16H9Cl2N3O3. The van der Waals surface area contributed by atoms with E-state index in [2.05, 4.69) is 5.10 Å². The highest BCUT2D eigenvalue weighted by molar-refractivity contribution is 6.33.